The quantitative estimate of drug-likeness (QED) is 0.0556. The maximum Gasteiger partial charge on any atom is 0.308 e. The van der Waals surface area contributed by atoms with Crippen molar-refractivity contribution >= 4 is 14.3 Å². The third kappa shape index (κ3) is 31.6. The first kappa shape index (κ1) is 44.2. The van der Waals surface area contributed by atoms with E-state index >= 15 is 0 Å². The highest BCUT2D eigenvalue weighted by Gasteiger charge is 2.36. The van der Waals surface area contributed by atoms with Gasteiger partial charge in [0.2, 0.25) is 0 Å². The number of hydrogen-bond donors (Lipinski definition) is 0. The molecule has 0 aromatic rings. The summed E-state index contributed by atoms with van der Waals surface area (Å²) in [5, 5.41) is 0.215. The van der Waals surface area contributed by atoms with Gasteiger partial charge in [-0.05, 0) is 25.1 Å². The molecule has 0 saturated carbocycles. The molecular weight excluding hydrogens is 608 g/mol. The molecule has 0 heterocycles. The van der Waals surface area contributed by atoms with Gasteiger partial charge in [-0.15, -0.1) is 0 Å². The molecule has 270 valence electrons. The standard InChI is InChI=1S/C31H64O13Si/c1-7-43-30(32)8-9-33-10-11-34-12-13-35-14-15-36-16-17-37-18-19-38-20-21-39-22-23-40-24-25-41-26-27-42-28-29-44-45(5,6)31(2,3)4/h7-29H2,1-6H3. The van der Waals surface area contributed by atoms with Gasteiger partial charge in [-0.25, -0.2) is 0 Å². The molecule has 0 aliphatic carbocycles. The van der Waals surface area contributed by atoms with Crippen LogP contribution in [0, 0.1) is 0 Å². The summed E-state index contributed by atoms with van der Waals surface area (Å²) >= 11 is 0. The molecule has 0 N–H and O–H groups in total. The normalized spacial score (nSPS) is 12.2. The Morgan fingerprint density at radius 3 is 0.933 bits per heavy atom. The Kier molecular flexibility index (Phi) is 31.3. The molecule has 0 spiro atoms. The molecule has 45 heavy (non-hydrogen) atoms. The maximum atomic E-state index is 11.1. The van der Waals surface area contributed by atoms with Gasteiger partial charge in [-0.2, -0.15) is 0 Å². The summed E-state index contributed by atoms with van der Waals surface area (Å²) in [6, 6.07) is 0. The zero-order valence-electron chi connectivity index (χ0n) is 29.1. The van der Waals surface area contributed by atoms with E-state index in [-0.39, 0.29) is 17.4 Å². The van der Waals surface area contributed by atoms with E-state index in [1.54, 1.807) is 6.92 Å². The van der Waals surface area contributed by atoms with Crippen molar-refractivity contribution in [3.63, 3.8) is 0 Å². The van der Waals surface area contributed by atoms with Crippen LogP contribution in [0.25, 0.3) is 0 Å². The predicted molar refractivity (Wildman–Crippen MR) is 173 cm³/mol. The Bertz CT molecular complexity index is 635. The van der Waals surface area contributed by atoms with Crippen molar-refractivity contribution in [3.8, 4) is 0 Å². The minimum Gasteiger partial charge on any atom is -0.466 e. The van der Waals surface area contributed by atoms with Gasteiger partial charge in [-0.1, -0.05) is 20.8 Å². The summed E-state index contributed by atoms with van der Waals surface area (Å²) < 4.78 is 65.5. The molecule has 0 radical (unpaired) electrons. The second-order valence-electron chi connectivity index (χ2n) is 11.3. The van der Waals surface area contributed by atoms with E-state index in [0.29, 0.717) is 145 Å². The highest BCUT2D eigenvalue weighted by atomic mass is 28.4. The predicted octanol–water partition coefficient (Wildman–Crippen LogP) is 3.13. The van der Waals surface area contributed by atoms with E-state index < -0.39 is 8.32 Å². The van der Waals surface area contributed by atoms with E-state index in [1.165, 1.54) is 0 Å². The Morgan fingerprint density at radius 1 is 0.444 bits per heavy atom. The summed E-state index contributed by atoms with van der Waals surface area (Å²) in [5.74, 6) is -0.249. The number of carbonyl (C=O) groups is 1. The molecule has 0 saturated heterocycles. The first-order valence-electron chi connectivity index (χ1n) is 16.3. The molecule has 0 unspecified atom stereocenters. The van der Waals surface area contributed by atoms with Crippen LogP contribution in [0.2, 0.25) is 18.1 Å². The lowest BCUT2D eigenvalue weighted by Gasteiger charge is -2.36. The molecular formula is C31H64O13Si. The second-order valence-corrected chi connectivity index (χ2v) is 16.1. The number of hydrogen-bond acceptors (Lipinski definition) is 13. The van der Waals surface area contributed by atoms with Crippen molar-refractivity contribution in [1.29, 1.82) is 0 Å². The Balaban J connectivity index is 3.14. The van der Waals surface area contributed by atoms with E-state index in [4.69, 9.17) is 56.5 Å². The van der Waals surface area contributed by atoms with Gasteiger partial charge in [0.1, 0.15) is 0 Å². The van der Waals surface area contributed by atoms with Crippen LogP contribution in [-0.2, 0) is 61.3 Å². The van der Waals surface area contributed by atoms with Gasteiger partial charge in [0.05, 0.1) is 152 Å². The fourth-order valence-corrected chi connectivity index (χ4v) is 4.07. The lowest BCUT2D eigenvalue weighted by Crippen LogP contribution is -2.41. The van der Waals surface area contributed by atoms with Crippen molar-refractivity contribution in [1.82, 2.24) is 0 Å². The molecule has 13 nitrogen and oxygen atoms in total. The lowest BCUT2D eigenvalue weighted by atomic mass is 10.2. The SMILES string of the molecule is CCOC(=O)CCOCCOCCOCCOCCOCCOCCOCCOCCOCCOCCO[Si](C)(C)C(C)(C)C. The van der Waals surface area contributed by atoms with E-state index in [1.807, 2.05) is 0 Å². The Morgan fingerprint density at radius 2 is 0.689 bits per heavy atom. The van der Waals surface area contributed by atoms with Gasteiger partial charge in [0, 0.05) is 0 Å². The summed E-state index contributed by atoms with van der Waals surface area (Å²) in [4.78, 5) is 11.1. The van der Waals surface area contributed by atoms with Gasteiger partial charge in [0.25, 0.3) is 0 Å². The van der Waals surface area contributed by atoms with E-state index in [0.717, 1.165) is 0 Å². The van der Waals surface area contributed by atoms with Crippen molar-refractivity contribution in [3.05, 3.63) is 0 Å². The van der Waals surface area contributed by atoms with Crippen LogP contribution in [0.5, 0.6) is 0 Å². The molecule has 0 bridgehead atoms. The largest absolute Gasteiger partial charge is 0.466 e. The van der Waals surface area contributed by atoms with Gasteiger partial charge in [0.15, 0.2) is 8.32 Å². The molecule has 0 aromatic carbocycles. The third-order valence-corrected chi connectivity index (χ3v) is 11.1. The molecule has 0 rings (SSSR count). The topological polar surface area (TPSA) is 128 Å². The van der Waals surface area contributed by atoms with Crippen LogP contribution in [0.1, 0.15) is 34.1 Å². The first-order valence-corrected chi connectivity index (χ1v) is 19.2. The number of rotatable bonds is 35. The highest BCUT2D eigenvalue weighted by Crippen LogP contribution is 2.36. The molecule has 14 heteroatoms. The average Bonchev–Trinajstić information content (AvgIpc) is 2.99. The maximum absolute atomic E-state index is 11.1. The van der Waals surface area contributed by atoms with Crippen LogP contribution in [-0.4, -0.2) is 160 Å². The molecule has 0 fully saturated rings. The van der Waals surface area contributed by atoms with Crippen LogP contribution >= 0.6 is 0 Å². The van der Waals surface area contributed by atoms with Crippen LogP contribution in [0.15, 0.2) is 0 Å². The van der Waals surface area contributed by atoms with Crippen molar-refractivity contribution in [2.75, 3.05) is 145 Å². The average molecular weight is 673 g/mol. The summed E-state index contributed by atoms with van der Waals surface area (Å²) in [6.45, 7) is 23.9. The lowest BCUT2D eigenvalue weighted by molar-refractivity contribution is -0.144. The molecule has 0 aromatic heterocycles. The highest BCUT2D eigenvalue weighted by molar-refractivity contribution is 6.74. The van der Waals surface area contributed by atoms with Crippen LogP contribution in [0.3, 0.4) is 0 Å². The minimum atomic E-state index is -1.70. The zero-order chi connectivity index (χ0) is 33.3. The van der Waals surface area contributed by atoms with E-state index in [9.17, 15) is 4.79 Å². The molecule has 0 aliphatic rings. The van der Waals surface area contributed by atoms with Crippen molar-refractivity contribution in [2.45, 2.75) is 52.2 Å². The van der Waals surface area contributed by atoms with Crippen LogP contribution in [0.4, 0.5) is 0 Å². The van der Waals surface area contributed by atoms with Crippen molar-refractivity contribution < 1.29 is 61.3 Å². The second kappa shape index (κ2) is 31.8. The Hall–Kier alpha value is -0.753. The van der Waals surface area contributed by atoms with Gasteiger partial charge < -0.3 is 56.5 Å². The van der Waals surface area contributed by atoms with Gasteiger partial charge >= 0.3 is 5.97 Å². The Labute approximate surface area is 273 Å². The minimum absolute atomic E-state index is 0.215. The van der Waals surface area contributed by atoms with Crippen LogP contribution < -0.4 is 0 Å². The monoisotopic (exact) mass is 672 g/mol. The molecule has 0 amide bonds. The first-order chi connectivity index (χ1) is 21.7. The number of ether oxygens (including phenoxy) is 11. The summed E-state index contributed by atoms with van der Waals surface area (Å²) in [5.41, 5.74) is 0. The van der Waals surface area contributed by atoms with E-state index in [2.05, 4.69) is 33.9 Å². The number of esters is 1. The molecule has 0 atom stereocenters. The fraction of sp³-hybridized carbons (Fsp3) is 0.968. The third-order valence-electron chi connectivity index (χ3n) is 6.60. The summed E-state index contributed by atoms with van der Waals surface area (Å²) in [6.07, 6.45) is 0.258. The summed E-state index contributed by atoms with van der Waals surface area (Å²) in [7, 11) is -1.70. The number of carbonyl (C=O) groups excluding carboxylic acids is 1. The fourth-order valence-electron chi connectivity index (χ4n) is 3.04. The smallest absolute Gasteiger partial charge is 0.308 e. The molecule has 0 aliphatic heterocycles. The van der Waals surface area contributed by atoms with Crippen molar-refractivity contribution in [2.24, 2.45) is 0 Å². The van der Waals surface area contributed by atoms with Gasteiger partial charge in [-0.3, -0.25) is 4.79 Å². The zero-order valence-corrected chi connectivity index (χ0v) is 30.1.